The Morgan fingerprint density at radius 3 is 2.40 bits per heavy atom. The summed E-state index contributed by atoms with van der Waals surface area (Å²) in [4.78, 5) is 11.7. The lowest BCUT2D eigenvalue weighted by molar-refractivity contribution is -0.115. The Bertz CT molecular complexity index is 579. The van der Waals surface area contributed by atoms with Crippen molar-refractivity contribution in [1.29, 1.82) is 0 Å². The quantitative estimate of drug-likeness (QED) is 0.638. The summed E-state index contributed by atoms with van der Waals surface area (Å²) in [6.45, 7) is 6.03. The molecule has 7 nitrogen and oxygen atoms in total. The molecular formula is C12H20N4O3S. The molecule has 0 spiro atoms. The number of carbonyl (C=O) groups excluding carboxylic acids is 1. The van der Waals surface area contributed by atoms with Crippen LogP contribution in [0.2, 0.25) is 0 Å². The molecule has 0 bridgehead atoms. The molecule has 0 aliphatic rings. The van der Waals surface area contributed by atoms with Crippen LogP contribution in [-0.4, -0.2) is 26.4 Å². The van der Waals surface area contributed by atoms with E-state index in [2.05, 4.69) is 15.4 Å². The van der Waals surface area contributed by atoms with Gasteiger partial charge in [0.2, 0.25) is 5.91 Å². The van der Waals surface area contributed by atoms with Crippen LogP contribution in [0.1, 0.15) is 20.8 Å². The van der Waals surface area contributed by atoms with Crippen molar-refractivity contribution in [2.24, 2.45) is 5.14 Å². The SMILES string of the molecule is CC(C)(C)NCC(=O)Nc1cccc(NS(N)(=O)=O)c1. The number of rotatable bonds is 5. The minimum Gasteiger partial charge on any atom is -0.325 e. The zero-order valence-corrected chi connectivity index (χ0v) is 12.5. The molecule has 0 heterocycles. The molecule has 0 aliphatic heterocycles. The molecule has 5 N–H and O–H groups in total. The van der Waals surface area contributed by atoms with Crippen LogP contribution in [0, 0.1) is 0 Å². The summed E-state index contributed by atoms with van der Waals surface area (Å²) >= 11 is 0. The fraction of sp³-hybridized carbons (Fsp3) is 0.417. The van der Waals surface area contributed by atoms with Gasteiger partial charge in [-0.25, -0.2) is 5.14 Å². The minimum absolute atomic E-state index is 0.158. The average molecular weight is 300 g/mol. The van der Waals surface area contributed by atoms with Gasteiger partial charge in [-0.15, -0.1) is 0 Å². The van der Waals surface area contributed by atoms with Crippen molar-refractivity contribution in [2.45, 2.75) is 26.3 Å². The topological polar surface area (TPSA) is 113 Å². The molecule has 112 valence electrons. The molecule has 0 aromatic heterocycles. The molecule has 0 saturated carbocycles. The van der Waals surface area contributed by atoms with Gasteiger partial charge in [0.15, 0.2) is 0 Å². The number of carbonyl (C=O) groups is 1. The third kappa shape index (κ3) is 7.07. The van der Waals surface area contributed by atoms with Crippen molar-refractivity contribution in [3.8, 4) is 0 Å². The van der Waals surface area contributed by atoms with Crippen molar-refractivity contribution >= 4 is 27.5 Å². The Morgan fingerprint density at radius 2 is 1.85 bits per heavy atom. The molecule has 1 amide bonds. The molecular weight excluding hydrogens is 280 g/mol. The first kappa shape index (κ1) is 16.4. The summed E-state index contributed by atoms with van der Waals surface area (Å²) in [6.07, 6.45) is 0. The van der Waals surface area contributed by atoms with Crippen LogP contribution < -0.4 is 20.5 Å². The fourth-order valence-corrected chi connectivity index (χ4v) is 1.83. The number of hydrogen-bond acceptors (Lipinski definition) is 4. The second kappa shape index (κ2) is 6.21. The van der Waals surface area contributed by atoms with E-state index in [0.717, 1.165) is 0 Å². The van der Waals surface area contributed by atoms with Gasteiger partial charge in [0.05, 0.1) is 12.2 Å². The van der Waals surface area contributed by atoms with E-state index in [4.69, 9.17) is 5.14 Å². The lowest BCUT2D eigenvalue weighted by Crippen LogP contribution is -2.41. The Hall–Kier alpha value is -1.64. The standard InChI is InChI=1S/C12H20N4O3S/c1-12(2,3)14-8-11(17)15-9-5-4-6-10(7-9)16-20(13,18)19/h4-7,14,16H,8H2,1-3H3,(H,15,17)(H2,13,18,19). The predicted octanol–water partition coefficient (Wildman–Crippen LogP) is 0.629. The van der Waals surface area contributed by atoms with Crippen LogP contribution in [0.3, 0.4) is 0 Å². The molecule has 0 aliphatic carbocycles. The maximum atomic E-state index is 11.7. The van der Waals surface area contributed by atoms with Gasteiger partial charge in [-0.1, -0.05) is 6.07 Å². The summed E-state index contributed by atoms with van der Waals surface area (Å²) in [5, 5.41) is 10.6. The molecule has 20 heavy (non-hydrogen) atoms. The molecule has 1 aromatic rings. The van der Waals surface area contributed by atoms with Crippen molar-refractivity contribution in [3.63, 3.8) is 0 Å². The van der Waals surface area contributed by atoms with Gasteiger partial charge in [-0.05, 0) is 39.0 Å². The molecule has 0 atom stereocenters. The third-order valence-electron chi connectivity index (χ3n) is 2.19. The highest BCUT2D eigenvalue weighted by molar-refractivity contribution is 7.90. The van der Waals surface area contributed by atoms with Gasteiger partial charge in [0, 0.05) is 11.2 Å². The molecule has 8 heteroatoms. The highest BCUT2D eigenvalue weighted by Gasteiger charge is 2.11. The largest absolute Gasteiger partial charge is 0.325 e. The number of hydrogen-bond donors (Lipinski definition) is 4. The lowest BCUT2D eigenvalue weighted by atomic mass is 10.1. The van der Waals surface area contributed by atoms with E-state index in [-0.39, 0.29) is 23.7 Å². The molecule has 0 fully saturated rings. The van der Waals surface area contributed by atoms with Crippen LogP contribution in [-0.2, 0) is 15.0 Å². The second-order valence-corrected chi connectivity index (χ2v) is 6.67. The van der Waals surface area contributed by atoms with Crippen LogP contribution in [0.25, 0.3) is 0 Å². The Labute approximate surface area is 119 Å². The first-order valence-corrected chi connectivity index (χ1v) is 7.55. The number of anilines is 2. The van der Waals surface area contributed by atoms with E-state index in [0.29, 0.717) is 5.69 Å². The zero-order valence-electron chi connectivity index (χ0n) is 11.7. The lowest BCUT2D eigenvalue weighted by Gasteiger charge is -2.20. The number of nitrogens with two attached hydrogens (primary N) is 1. The van der Waals surface area contributed by atoms with Crippen LogP contribution >= 0.6 is 0 Å². The zero-order chi connectivity index (χ0) is 15.4. The van der Waals surface area contributed by atoms with Gasteiger partial charge in [0.1, 0.15) is 0 Å². The summed E-state index contributed by atoms with van der Waals surface area (Å²) in [5.74, 6) is -0.215. The summed E-state index contributed by atoms with van der Waals surface area (Å²) in [6, 6.07) is 6.29. The second-order valence-electron chi connectivity index (χ2n) is 5.38. The van der Waals surface area contributed by atoms with E-state index in [1.54, 1.807) is 12.1 Å². The van der Waals surface area contributed by atoms with Gasteiger partial charge in [0.25, 0.3) is 10.2 Å². The molecule has 0 radical (unpaired) electrons. The highest BCUT2D eigenvalue weighted by atomic mass is 32.2. The minimum atomic E-state index is -3.83. The van der Waals surface area contributed by atoms with Gasteiger partial charge in [-0.3, -0.25) is 9.52 Å². The normalized spacial score (nSPS) is 12.0. The Kier molecular flexibility index (Phi) is 5.09. The van der Waals surface area contributed by atoms with E-state index in [9.17, 15) is 13.2 Å². The number of nitrogens with one attached hydrogen (secondary N) is 3. The first-order chi connectivity index (χ1) is 9.05. The molecule has 1 aromatic carbocycles. The maximum Gasteiger partial charge on any atom is 0.296 e. The van der Waals surface area contributed by atoms with E-state index >= 15 is 0 Å². The first-order valence-electron chi connectivity index (χ1n) is 6.01. The Balaban J connectivity index is 2.64. The number of benzene rings is 1. The maximum absolute atomic E-state index is 11.7. The predicted molar refractivity (Wildman–Crippen MR) is 79.6 cm³/mol. The van der Waals surface area contributed by atoms with E-state index in [1.807, 2.05) is 20.8 Å². The van der Waals surface area contributed by atoms with E-state index < -0.39 is 10.2 Å². The van der Waals surface area contributed by atoms with E-state index in [1.165, 1.54) is 12.1 Å². The van der Waals surface area contributed by atoms with Crippen molar-refractivity contribution in [3.05, 3.63) is 24.3 Å². The highest BCUT2D eigenvalue weighted by Crippen LogP contribution is 2.15. The smallest absolute Gasteiger partial charge is 0.296 e. The van der Waals surface area contributed by atoms with Crippen LogP contribution in [0.4, 0.5) is 11.4 Å². The monoisotopic (exact) mass is 300 g/mol. The van der Waals surface area contributed by atoms with Gasteiger partial charge in [-0.2, -0.15) is 8.42 Å². The van der Waals surface area contributed by atoms with Crippen LogP contribution in [0.5, 0.6) is 0 Å². The van der Waals surface area contributed by atoms with Crippen molar-refractivity contribution < 1.29 is 13.2 Å². The molecule has 0 unspecified atom stereocenters. The third-order valence-corrected chi connectivity index (χ3v) is 2.71. The van der Waals surface area contributed by atoms with Crippen molar-refractivity contribution in [1.82, 2.24) is 5.32 Å². The Morgan fingerprint density at radius 1 is 1.25 bits per heavy atom. The molecule has 0 saturated heterocycles. The summed E-state index contributed by atoms with van der Waals surface area (Å²) in [7, 11) is -3.83. The van der Waals surface area contributed by atoms with Crippen molar-refractivity contribution in [2.75, 3.05) is 16.6 Å². The van der Waals surface area contributed by atoms with Gasteiger partial charge >= 0.3 is 0 Å². The molecule has 1 rings (SSSR count). The van der Waals surface area contributed by atoms with Gasteiger partial charge < -0.3 is 10.6 Å². The van der Waals surface area contributed by atoms with Crippen LogP contribution in [0.15, 0.2) is 24.3 Å². The summed E-state index contributed by atoms with van der Waals surface area (Å²) in [5.41, 5.74) is 0.613. The average Bonchev–Trinajstić information content (AvgIpc) is 2.23. The summed E-state index contributed by atoms with van der Waals surface area (Å²) < 4.78 is 24.0. The fourth-order valence-electron chi connectivity index (χ4n) is 1.38. The number of amides is 1.